The van der Waals surface area contributed by atoms with Crippen LogP contribution in [0.5, 0.6) is 0 Å². The third-order valence-corrected chi connectivity index (χ3v) is 4.52. The number of hydrogen-bond acceptors (Lipinski definition) is 2. The lowest BCUT2D eigenvalue weighted by atomic mass is 9.95. The van der Waals surface area contributed by atoms with Gasteiger partial charge in [-0.1, -0.05) is 25.1 Å². The SMILES string of the molecule is CCNCC1CCSc2[nH]c3ccccc3c21. The van der Waals surface area contributed by atoms with E-state index in [4.69, 9.17) is 0 Å². The van der Waals surface area contributed by atoms with Crippen LogP contribution in [0.15, 0.2) is 29.3 Å². The van der Waals surface area contributed by atoms with E-state index >= 15 is 0 Å². The van der Waals surface area contributed by atoms with Gasteiger partial charge in [0.2, 0.25) is 0 Å². The molecule has 90 valence electrons. The number of H-pyrrole nitrogens is 1. The summed E-state index contributed by atoms with van der Waals surface area (Å²) < 4.78 is 0. The Labute approximate surface area is 106 Å². The predicted octanol–water partition coefficient (Wildman–Crippen LogP) is 3.36. The molecule has 1 aliphatic rings. The number of fused-ring (bicyclic) bond motifs is 3. The number of hydrogen-bond donors (Lipinski definition) is 2. The van der Waals surface area contributed by atoms with Gasteiger partial charge in [-0.25, -0.2) is 0 Å². The molecule has 3 rings (SSSR count). The average Bonchev–Trinajstić information content (AvgIpc) is 2.75. The van der Waals surface area contributed by atoms with E-state index in [2.05, 4.69) is 41.5 Å². The van der Waals surface area contributed by atoms with Crippen LogP contribution in [-0.2, 0) is 0 Å². The monoisotopic (exact) mass is 246 g/mol. The fourth-order valence-electron chi connectivity index (χ4n) is 2.63. The van der Waals surface area contributed by atoms with Crippen molar-refractivity contribution in [3.8, 4) is 0 Å². The standard InChI is InChI=1S/C14H18N2S/c1-2-15-9-10-7-8-17-14-13(10)11-5-3-4-6-12(11)16-14/h3-6,10,15-16H,2,7-9H2,1H3. The molecule has 0 aliphatic carbocycles. The number of thioether (sulfide) groups is 1. The summed E-state index contributed by atoms with van der Waals surface area (Å²) in [5.41, 5.74) is 2.83. The van der Waals surface area contributed by atoms with E-state index in [1.165, 1.54) is 33.7 Å². The summed E-state index contributed by atoms with van der Waals surface area (Å²) in [5.74, 6) is 1.90. The van der Waals surface area contributed by atoms with Crippen molar-refractivity contribution >= 4 is 22.7 Å². The molecule has 0 spiro atoms. The van der Waals surface area contributed by atoms with Gasteiger partial charge in [-0.05, 0) is 24.6 Å². The molecule has 1 aromatic heterocycles. The van der Waals surface area contributed by atoms with Crippen molar-refractivity contribution in [2.45, 2.75) is 24.3 Å². The lowest BCUT2D eigenvalue weighted by molar-refractivity contribution is 0.576. The van der Waals surface area contributed by atoms with Crippen molar-refractivity contribution in [2.75, 3.05) is 18.8 Å². The maximum atomic E-state index is 3.56. The highest BCUT2D eigenvalue weighted by Crippen LogP contribution is 2.41. The first-order chi connectivity index (χ1) is 8.40. The van der Waals surface area contributed by atoms with Crippen LogP contribution in [0.25, 0.3) is 10.9 Å². The second-order valence-electron chi connectivity index (χ2n) is 4.56. The van der Waals surface area contributed by atoms with Gasteiger partial charge in [0.1, 0.15) is 0 Å². The predicted molar refractivity (Wildman–Crippen MR) is 74.9 cm³/mol. The zero-order valence-corrected chi connectivity index (χ0v) is 10.9. The molecule has 0 radical (unpaired) electrons. The molecule has 1 aromatic carbocycles. The van der Waals surface area contributed by atoms with Gasteiger partial charge in [0, 0.05) is 29.1 Å². The van der Waals surface area contributed by atoms with Crippen molar-refractivity contribution in [3.63, 3.8) is 0 Å². The van der Waals surface area contributed by atoms with E-state index in [-0.39, 0.29) is 0 Å². The summed E-state index contributed by atoms with van der Waals surface area (Å²) in [6.07, 6.45) is 1.28. The zero-order valence-electron chi connectivity index (χ0n) is 10.1. The largest absolute Gasteiger partial charge is 0.349 e. The Morgan fingerprint density at radius 3 is 3.18 bits per heavy atom. The third-order valence-electron chi connectivity index (χ3n) is 3.47. The first-order valence-corrected chi connectivity index (χ1v) is 7.33. The quantitative estimate of drug-likeness (QED) is 0.869. The molecule has 2 heterocycles. The number of likely N-dealkylation sites (N-methyl/N-ethyl adjacent to an activating group) is 1. The molecule has 0 fully saturated rings. The number of benzene rings is 1. The molecule has 0 saturated heterocycles. The molecule has 3 heteroatoms. The molecule has 0 bridgehead atoms. The van der Waals surface area contributed by atoms with Gasteiger partial charge in [-0.15, -0.1) is 11.8 Å². The second-order valence-corrected chi connectivity index (χ2v) is 5.66. The van der Waals surface area contributed by atoms with Gasteiger partial charge in [-0.2, -0.15) is 0 Å². The highest BCUT2D eigenvalue weighted by molar-refractivity contribution is 7.99. The van der Waals surface area contributed by atoms with Crippen LogP contribution < -0.4 is 5.32 Å². The Kier molecular flexibility index (Phi) is 3.12. The number of nitrogens with one attached hydrogen (secondary N) is 2. The van der Waals surface area contributed by atoms with E-state index in [1.807, 2.05) is 11.8 Å². The minimum Gasteiger partial charge on any atom is -0.349 e. The lowest BCUT2D eigenvalue weighted by Crippen LogP contribution is -2.23. The Morgan fingerprint density at radius 2 is 2.29 bits per heavy atom. The van der Waals surface area contributed by atoms with Crippen LogP contribution in [0.3, 0.4) is 0 Å². The van der Waals surface area contributed by atoms with Crippen molar-refractivity contribution in [2.24, 2.45) is 0 Å². The molecule has 0 saturated carbocycles. The molecule has 1 atom stereocenters. The Hall–Kier alpha value is -0.930. The molecule has 1 unspecified atom stereocenters. The van der Waals surface area contributed by atoms with Crippen molar-refractivity contribution in [1.82, 2.24) is 10.3 Å². The lowest BCUT2D eigenvalue weighted by Gasteiger charge is -2.22. The Morgan fingerprint density at radius 1 is 1.41 bits per heavy atom. The Balaban J connectivity index is 2.04. The number of rotatable bonds is 3. The van der Waals surface area contributed by atoms with E-state index in [1.54, 1.807) is 0 Å². The van der Waals surface area contributed by atoms with Crippen LogP contribution in [0.4, 0.5) is 0 Å². The molecule has 2 N–H and O–H groups in total. The maximum Gasteiger partial charge on any atom is 0.0768 e. The van der Waals surface area contributed by atoms with Gasteiger partial charge in [0.25, 0.3) is 0 Å². The molecule has 1 aliphatic heterocycles. The van der Waals surface area contributed by atoms with Gasteiger partial charge in [0.15, 0.2) is 0 Å². The normalized spacial score (nSPS) is 19.5. The molecule has 0 amide bonds. The zero-order chi connectivity index (χ0) is 11.7. The van der Waals surface area contributed by atoms with Crippen LogP contribution in [0.2, 0.25) is 0 Å². The summed E-state index contributed by atoms with van der Waals surface area (Å²) in [4.78, 5) is 3.56. The highest BCUT2D eigenvalue weighted by atomic mass is 32.2. The van der Waals surface area contributed by atoms with Crippen LogP contribution in [0.1, 0.15) is 24.8 Å². The second kappa shape index (κ2) is 4.75. The molecule has 2 nitrogen and oxygen atoms in total. The van der Waals surface area contributed by atoms with E-state index in [9.17, 15) is 0 Å². The van der Waals surface area contributed by atoms with Crippen molar-refractivity contribution in [3.05, 3.63) is 29.8 Å². The fourth-order valence-corrected chi connectivity index (χ4v) is 3.85. The van der Waals surface area contributed by atoms with Crippen molar-refractivity contribution in [1.29, 1.82) is 0 Å². The van der Waals surface area contributed by atoms with Gasteiger partial charge >= 0.3 is 0 Å². The summed E-state index contributed by atoms with van der Waals surface area (Å²) in [6, 6.07) is 8.67. The van der Waals surface area contributed by atoms with Crippen LogP contribution >= 0.6 is 11.8 Å². The summed E-state index contributed by atoms with van der Waals surface area (Å²) in [5, 5.41) is 6.29. The summed E-state index contributed by atoms with van der Waals surface area (Å²) >= 11 is 1.97. The van der Waals surface area contributed by atoms with Gasteiger partial charge < -0.3 is 10.3 Å². The molecule has 2 aromatic rings. The maximum absolute atomic E-state index is 3.56. The molecule has 17 heavy (non-hydrogen) atoms. The molecular formula is C14H18N2S. The first kappa shape index (κ1) is 11.2. The fraction of sp³-hybridized carbons (Fsp3) is 0.429. The van der Waals surface area contributed by atoms with E-state index < -0.39 is 0 Å². The topological polar surface area (TPSA) is 27.8 Å². The summed E-state index contributed by atoms with van der Waals surface area (Å²) in [7, 11) is 0. The smallest absolute Gasteiger partial charge is 0.0768 e. The number of aromatic amines is 1. The average molecular weight is 246 g/mol. The first-order valence-electron chi connectivity index (χ1n) is 6.34. The van der Waals surface area contributed by atoms with Crippen molar-refractivity contribution < 1.29 is 0 Å². The van der Waals surface area contributed by atoms with E-state index in [0.29, 0.717) is 5.92 Å². The van der Waals surface area contributed by atoms with E-state index in [0.717, 1.165) is 13.1 Å². The Bertz CT molecular complexity index is 518. The van der Waals surface area contributed by atoms with Crippen LogP contribution in [0, 0.1) is 0 Å². The number of aromatic nitrogens is 1. The van der Waals surface area contributed by atoms with Gasteiger partial charge in [-0.3, -0.25) is 0 Å². The minimum absolute atomic E-state index is 0.669. The van der Waals surface area contributed by atoms with Crippen LogP contribution in [-0.4, -0.2) is 23.8 Å². The minimum atomic E-state index is 0.669. The summed E-state index contributed by atoms with van der Waals surface area (Å²) in [6.45, 7) is 4.33. The van der Waals surface area contributed by atoms with Gasteiger partial charge in [0.05, 0.1) is 5.03 Å². The number of para-hydroxylation sites is 1. The third kappa shape index (κ3) is 1.98. The molecular weight excluding hydrogens is 228 g/mol. The highest BCUT2D eigenvalue weighted by Gasteiger charge is 2.24.